The van der Waals surface area contributed by atoms with E-state index in [0.717, 1.165) is 10.5 Å². The highest BCUT2D eigenvalue weighted by molar-refractivity contribution is 6.53. The van der Waals surface area contributed by atoms with E-state index >= 15 is 0 Å². The Labute approximate surface area is 223 Å². The maximum Gasteiger partial charge on any atom is 0.331 e. The standard InChI is InChI=1S/C28H22Cl2N4O3/c1-3-8-22-23(27(36)34(31-22)19-12-13-20(29)21(30)15-19)24-25(32-14-7-9-17(2)16-32)28(37)33(26(24)35)18-10-5-4-6-11-18/h4-7,9-16H,3,8H2,1-2H3/p+1. The van der Waals surface area contributed by atoms with Crippen molar-refractivity contribution in [2.45, 2.75) is 26.7 Å². The molecule has 1 aliphatic rings. The number of aromatic nitrogens is 3. The summed E-state index contributed by atoms with van der Waals surface area (Å²) < 4.78 is 2.94. The van der Waals surface area contributed by atoms with E-state index in [0.29, 0.717) is 34.9 Å². The summed E-state index contributed by atoms with van der Waals surface area (Å²) in [4.78, 5) is 42.8. The van der Waals surface area contributed by atoms with Gasteiger partial charge in [-0.15, -0.1) is 0 Å². The van der Waals surface area contributed by atoms with Gasteiger partial charge < -0.3 is 0 Å². The molecular weight excluding hydrogens is 511 g/mol. The molecule has 1 N–H and O–H groups in total. The van der Waals surface area contributed by atoms with Gasteiger partial charge in [0, 0.05) is 17.3 Å². The summed E-state index contributed by atoms with van der Waals surface area (Å²) in [6, 6.07) is 17.2. The molecule has 0 radical (unpaired) electrons. The largest absolute Gasteiger partial charge is 0.331 e. The Bertz CT molecular complexity index is 1640. The van der Waals surface area contributed by atoms with Crippen LogP contribution in [0.5, 0.6) is 0 Å². The van der Waals surface area contributed by atoms with Gasteiger partial charge in [-0.2, -0.15) is 4.57 Å². The van der Waals surface area contributed by atoms with E-state index in [-0.39, 0.29) is 21.9 Å². The highest BCUT2D eigenvalue weighted by atomic mass is 35.5. The minimum absolute atomic E-state index is 0.0490. The van der Waals surface area contributed by atoms with Crippen molar-refractivity contribution in [2.24, 2.45) is 0 Å². The third-order valence-electron chi connectivity index (χ3n) is 6.16. The number of carbonyl (C=O) groups excluding carboxylic acids is 2. The summed E-state index contributed by atoms with van der Waals surface area (Å²) >= 11 is 12.3. The molecule has 4 aromatic rings. The van der Waals surface area contributed by atoms with E-state index in [4.69, 9.17) is 23.2 Å². The van der Waals surface area contributed by atoms with Crippen LogP contribution in [0, 0.1) is 6.92 Å². The molecule has 2 aromatic carbocycles. The van der Waals surface area contributed by atoms with E-state index in [9.17, 15) is 14.4 Å². The van der Waals surface area contributed by atoms with Crippen LogP contribution in [0.3, 0.4) is 0 Å². The van der Waals surface area contributed by atoms with Gasteiger partial charge in [0.25, 0.3) is 17.2 Å². The molecule has 186 valence electrons. The molecule has 2 aromatic heterocycles. The van der Waals surface area contributed by atoms with Crippen LogP contribution in [-0.2, 0) is 16.0 Å². The van der Waals surface area contributed by atoms with E-state index < -0.39 is 17.4 Å². The zero-order valence-electron chi connectivity index (χ0n) is 20.2. The molecule has 5 rings (SSSR count). The van der Waals surface area contributed by atoms with Gasteiger partial charge >= 0.3 is 5.91 Å². The van der Waals surface area contributed by atoms with E-state index in [1.54, 1.807) is 71.6 Å². The molecule has 1 aliphatic heterocycles. The van der Waals surface area contributed by atoms with Crippen LogP contribution in [0.4, 0.5) is 5.69 Å². The van der Waals surface area contributed by atoms with Gasteiger partial charge in [-0.3, -0.25) is 19.5 Å². The van der Waals surface area contributed by atoms with Crippen molar-refractivity contribution in [3.63, 3.8) is 0 Å². The number of H-pyrrole nitrogens is 1. The number of para-hydroxylation sites is 1. The molecule has 0 atom stereocenters. The lowest BCUT2D eigenvalue weighted by Gasteiger charge is -2.13. The SMILES string of the molecule is CCCc1[nH]n(-c2ccc(Cl)c(Cl)c2)c(=O)c1C1=C([n+]2cccc(C)c2)C(=O)N(c2ccccc2)C1=O. The number of carbonyl (C=O) groups is 2. The van der Waals surface area contributed by atoms with Crippen molar-refractivity contribution >= 4 is 52.0 Å². The summed E-state index contributed by atoms with van der Waals surface area (Å²) in [5.74, 6) is -1.07. The Hall–Kier alpha value is -3.94. The van der Waals surface area contributed by atoms with Crippen molar-refractivity contribution in [1.82, 2.24) is 9.78 Å². The summed E-state index contributed by atoms with van der Waals surface area (Å²) in [6.45, 7) is 3.87. The number of hydrogen-bond acceptors (Lipinski definition) is 3. The number of benzene rings is 2. The summed E-state index contributed by atoms with van der Waals surface area (Å²) in [6.07, 6.45) is 4.66. The first-order valence-electron chi connectivity index (χ1n) is 11.8. The number of nitrogens with zero attached hydrogens (tertiary/aromatic N) is 3. The lowest BCUT2D eigenvalue weighted by Crippen LogP contribution is -2.39. The minimum atomic E-state index is -0.560. The number of nitrogens with one attached hydrogen (secondary N) is 1. The Balaban J connectivity index is 1.79. The number of hydrogen-bond donors (Lipinski definition) is 1. The fraction of sp³-hybridized carbons (Fsp3) is 0.143. The van der Waals surface area contributed by atoms with Crippen molar-refractivity contribution in [3.8, 4) is 5.69 Å². The number of anilines is 1. The molecule has 2 amide bonds. The topological polar surface area (TPSA) is 79.1 Å². The number of aromatic amines is 1. The third kappa shape index (κ3) is 4.30. The third-order valence-corrected chi connectivity index (χ3v) is 6.90. The van der Waals surface area contributed by atoms with Gasteiger partial charge in [0.1, 0.15) is 5.57 Å². The minimum Gasteiger partial charge on any atom is -0.294 e. The maximum atomic E-state index is 14.0. The predicted octanol–water partition coefficient (Wildman–Crippen LogP) is 4.96. The molecule has 0 unspecified atom stereocenters. The second-order valence-electron chi connectivity index (χ2n) is 8.75. The predicted molar refractivity (Wildman–Crippen MR) is 144 cm³/mol. The van der Waals surface area contributed by atoms with E-state index in [1.807, 2.05) is 19.9 Å². The molecule has 0 bridgehead atoms. The number of imide groups is 1. The molecule has 37 heavy (non-hydrogen) atoms. The average molecular weight is 534 g/mol. The second kappa shape index (κ2) is 9.84. The molecule has 0 saturated heterocycles. The summed E-state index contributed by atoms with van der Waals surface area (Å²) in [5.41, 5.74) is 2.20. The molecule has 0 spiro atoms. The Morgan fingerprint density at radius 2 is 1.65 bits per heavy atom. The first-order valence-corrected chi connectivity index (χ1v) is 12.5. The molecule has 9 heteroatoms. The Morgan fingerprint density at radius 1 is 0.892 bits per heavy atom. The fourth-order valence-corrected chi connectivity index (χ4v) is 4.80. The smallest absolute Gasteiger partial charge is 0.294 e. The highest BCUT2D eigenvalue weighted by Crippen LogP contribution is 2.34. The average Bonchev–Trinajstić information content (AvgIpc) is 3.33. The van der Waals surface area contributed by atoms with Crippen molar-refractivity contribution in [2.75, 3.05) is 4.90 Å². The number of halogens is 2. The normalized spacial score (nSPS) is 13.7. The monoisotopic (exact) mass is 533 g/mol. The first-order chi connectivity index (χ1) is 17.8. The van der Waals surface area contributed by atoms with Gasteiger partial charge in [0.2, 0.25) is 0 Å². The number of aryl methyl sites for hydroxylation is 2. The van der Waals surface area contributed by atoms with Gasteiger partial charge in [0.15, 0.2) is 12.4 Å². The van der Waals surface area contributed by atoms with E-state index in [2.05, 4.69) is 5.10 Å². The summed E-state index contributed by atoms with van der Waals surface area (Å²) in [5, 5.41) is 3.79. The van der Waals surface area contributed by atoms with Crippen molar-refractivity contribution in [1.29, 1.82) is 0 Å². The van der Waals surface area contributed by atoms with Crippen molar-refractivity contribution < 1.29 is 14.2 Å². The molecule has 0 fully saturated rings. The maximum absolute atomic E-state index is 14.0. The molecule has 0 saturated carbocycles. The van der Waals surface area contributed by atoms with Gasteiger partial charge in [-0.05, 0) is 49.7 Å². The van der Waals surface area contributed by atoms with Gasteiger partial charge in [-0.25, -0.2) is 9.58 Å². The molecule has 0 aliphatic carbocycles. The molecular formula is C28H23Cl2N4O3+. The van der Waals surface area contributed by atoms with Crippen LogP contribution in [0.2, 0.25) is 10.0 Å². The van der Waals surface area contributed by atoms with Crippen LogP contribution in [0.25, 0.3) is 17.0 Å². The zero-order valence-corrected chi connectivity index (χ0v) is 21.7. The Morgan fingerprint density at radius 3 is 2.32 bits per heavy atom. The van der Waals surface area contributed by atoms with Crippen LogP contribution in [-0.4, -0.2) is 21.6 Å². The lowest BCUT2D eigenvalue weighted by atomic mass is 10.0. The van der Waals surface area contributed by atoms with Crippen LogP contribution >= 0.6 is 23.2 Å². The van der Waals surface area contributed by atoms with Gasteiger partial charge in [-0.1, -0.05) is 54.7 Å². The summed E-state index contributed by atoms with van der Waals surface area (Å²) in [7, 11) is 0. The van der Waals surface area contributed by atoms with Crippen LogP contribution in [0.1, 0.15) is 30.2 Å². The van der Waals surface area contributed by atoms with E-state index in [1.165, 1.54) is 4.68 Å². The number of rotatable bonds is 6. The second-order valence-corrected chi connectivity index (χ2v) is 9.56. The zero-order chi connectivity index (χ0) is 26.3. The van der Waals surface area contributed by atoms with Crippen LogP contribution < -0.4 is 15.0 Å². The highest BCUT2D eigenvalue weighted by Gasteiger charge is 2.48. The lowest BCUT2D eigenvalue weighted by molar-refractivity contribution is -0.577. The van der Waals surface area contributed by atoms with Crippen LogP contribution in [0.15, 0.2) is 77.9 Å². The Kier molecular flexibility index (Phi) is 6.58. The van der Waals surface area contributed by atoms with Gasteiger partial charge in [0.05, 0.1) is 27.0 Å². The fourth-order valence-electron chi connectivity index (χ4n) is 4.50. The quantitative estimate of drug-likeness (QED) is 0.281. The van der Waals surface area contributed by atoms with Crippen molar-refractivity contribution in [3.05, 3.63) is 110 Å². The molecule has 3 heterocycles. The molecule has 7 nitrogen and oxygen atoms in total. The number of pyridine rings is 1. The number of amides is 2. The first kappa shape index (κ1) is 24.7.